The summed E-state index contributed by atoms with van der Waals surface area (Å²) in [5.74, 6) is -0.175. The van der Waals surface area contributed by atoms with Crippen molar-refractivity contribution in [3.8, 4) is 0 Å². The van der Waals surface area contributed by atoms with E-state index < -0.39 is 0 Å². The second-order valence-electron chi connectivity index (χ2n) is 7.55. The largest absolute Gasteiger partial charge is 0.378 e. The summed E-state index contributed by atoms with van der Waals surface area (Å²) in [5.41, 5.74) is 1.08. The number of benzene rings is 1. The van der Waals surface area contributed by atoms with Crippen LogP contribution >= 0.6 is 11.3 Å². The summed E-state index contributed by atoms with van der Waals surface area (Å²) in [5, 5.41) is 5.69. The van der Waals surface area contributed by atoms with Crippen LogP contribution in [0.3, 0.4) is 0 Å². The summed E-state index contributed by atoms with van der Waals surface area (Å²) in [4.78, 5) is 1.36. The number of hydrogen-bond acceptors (Lipinski definition) is 4. The number of hydrogen-bond donors (Lipinski definition) is 1. The van der Waals surface area contributed by atoms with Gasteiger partial charge in [-0.25, -0.2) is 4.39 Å². The van der Waals surface area contributed by atoms with Crippen molar-refractivity contribution in [2.75, 3.05) is 26.4 Å². The van der Waals surface area contributed by atoms with Gasteiger partial charge in [-0.2, -0.15) is 0 Å². The van der Waals surface area contributed by atoms with Crippen LogP contribution in [0.15, 0.2) is 41.8 Å². The van der Waals surface area contributed by atoms with E-state index in [1.165, 1.54) is 10.4 Å². The summed E-state index contributed by atoms with van der Waals surface area (Å²) < 4.78 is 25.3. The second kappa shape index (κ2) is 7.77. The van der Waals surface area contributed by atoms with E-state index in [-0.39, 0.29) is 16.8 Å². The molecule has 1 N–H and O–H groups in total. The van der Waals surface area contributed by atoms with Crippen LogP contribution in [0.25, 0.3) is 0 Å². The fourth-order valence-corrected chi connectivity index (χ4v) is 5.10. The highest BCUT2D eigenvalue weighted by molar-refractivity contribution is 7.09. The van der Waals surface area contributed by atoms with Crippen LogP contribution in [0.1, 0.15) is 36.1 Å². The van der Waals surface area contributed by atoms with Crippen molar-refractivity contribution in [3.63, 3.8) is 0 Å². The van der Waals surface area contributed by atoms with Gasteiger partial charge in [0.2, 0.25) is 0 Å². The van der Waals surface area contributed by atoms with Crippen molar-refractivity contribution in [3.05, 3.63) is 58.0 Å². The first-order chi connectivity index (χ1) is 12.7. The lowest BCUT2D eigenvalue weighted by Gasteiger charge is -2.46. The van der Waals surface area contributed by atoms with Gasteiger partial charge < -0.3 is 14.8 Å². The van der Waals surface area contributed by atoms with Gasteiger partial charge in [-0.15, -0.1) is 11.3 Å². The molecule has 2 aromatic rings. The van der Waals surface area contributed by atoms with Gasteiger partial charge in [0, 0.05) is 36.5 Å². The third-order valence-electron chi connectivity index (χ3n) is 5.83. The molecule has 1 unspecified atom stereocenters. The van der Waals surface area contributed by atoms with E-state index in [1.807, 2.05) is 12.1 Å². The molecule has 140 valence electrons. The minimum Gasteiger partial charge on any atom is -0.378 e. The SMILES string of the molecule is Fc1ccc([C@]2(CCNCc3cccs3)CCOC3(CCOC3)C2)cc1. The van der Waals surface area contributed by atoms with Gasteiger partial charge in [0.15, 0.2) is 0 Å². The Balaban J connectivity index is 1.50. The molecule has 1 aromatic heterocycles. The van der Waals surface area contributed by atoms with E-state index in [4.69, 9.17) is 9.47 Å². The maximum Gasteiger partial charge on any atom is 0.123 e. The van der Waals surface area contributed by atoms with E-state index in [0.29, 0.717) is 6.61 Å². The zero-order chi connectivity index (χ0) is 17.9. The van der Waals surface area contributed by atoms with Crippen LogP contribution in [0.4, 0.5) is 4.39 Å². The molecule has 1 spiro atoms. The standard InChI is InChI=1S/C21H26FNO2S/c22-18-5-3-17(4-6-18)20(7-10-23-14-19-2-1-13-26-19)8-12-25-21(15-20)9-11-24-16-21/h1-6,13,23H,7-12,14-16H2/t20-,21?/m1/s1. The molecule has 2 saturated heterocycles. The monoisotopic (exact) mass is 375 g/mol. The molecule has 2 aliphatic heterocycles. The fourth-order valence-electron chi connectivity index (χ4n) is 4.42. The first kappa shape index (κ1) is 18.1. The van der Waals surface area contributed by atoms with Crippen molar-refractivity contribution in [2.24, 2.45) is 0 Å². The lowest BCUT2D eigenvalue weighted by molar-refractivity contribution is -0.108. The molecule has 0 radical (unpaired) electrons. The van der Waals surface area contributed by atoms with Gasteiger partial charge >= 0.3 is 0 Å². The highest BCUT2D eigenvalue weighted by Gasteiger charge is 2.48. The Hall–Kier alpha value is -1.27. The molecule has 0 amide bonds. The first-order valence-corrected chi connectivity index (χ1v) is 10.3. The normalized spacial score (nSPS) is 28.7. The highest BCUT2D eigenvalue weighted by Crippen LogP contribution is 2.46. The summed E-state index contributed by atoms with van der Waals surface area (Å²) in [6.07, 6.45) is 3.90. The van der Waals surface area contributed by atoms with Gasteiger partial charge in [0.1, 0.15) is 5.82 Å². The number of halogens is 1. The average molecular weight is 376 g/mol. The number of ether oxygens (including phenoxy) is 2. The van der Waals surface area contributed by atoms with E-state index in [1.54, 1.807) is 23.5 Å². The molecule has 0 saturated carbocycles. The van der Waals surface area contributed by atoms with Crippen LogP contribution in [0, 0.1) is 5.82 Å². The van der Waals surface area contributed by atoms with Crippen LogP contribution in [-0.2, 0) is 21.4 Å². The van der Waals surface area contributed by atoms with Crippen molar-refractivity contribution in [1.82, 2.24) is 5.32 Å². The minimum atomic E-state index is -0.175. The van der Waals surface area contributed by atoms with Gasteiger partial charge in [0.25, 0.3) is 0 Å². The average Bonchev–Trinajstić information content (AvgIpc) is 3.32. The molecule has 26 heavy (non-hydrogen) atoms. The Morgan fingerprint density at radius 2 is 2.00 bits per heavy atom. The predicted octanol–water partition coefficient (Wildman–Crippen LogP) is 4.27. The molecule has 3 heterocycles. The highest BCUT2D eigenvalue weighted by atomic mass is 32.1. The fraction of sp³-hybridized carbons (Fsp3) is 0.524. The summed E-state index contributed by atoms with van der Waals surface area (Å²) in [6, 6.07) is 11.3. The summed E-state index contributed by atoms with van der Waals surface area (Å²) in [6.45, 7) is 4.04. The van der Waals surface area contributed by atoms with Crippen LogP contribution in [0.2, 0.25) is 0 Å². The maximum absolute atomic E-state index is 13.5. The molecular weight excluding hydrogens is 349 g/mol. The molecule has 0 bridgehead atoms. The van der Waals surface area contributed by atoms with Gasteiger partial charge in [-0.1, -0.05) is 18.2 Å². The molecule has 2 aliphatic rings. The van der Waals surface area contributed by atoms with Crippen LogP contribution < -0.4 is 5.32 Å². The minimum absolute atomic E-state index is 0.0160. The van der Waals surface area contributed by atoms with Crippen molar-refractivity contribution in [1.29, 1.82) is 0 Å². The van der Waals surface area contributed by atoms with Gasteiger partial charge in [0.05, 0.1) is 12.2 Å². The predicted molar refractivity (Wildman–Crippen MR) is 102 cm³/mol. The zero-order valence-corrected chi connectivity index (χ0v) is 15.8. The zero-order valence-electron chi connectivity index (χ0n) is 15.0. The Bertz CT molecular complexity index is 697. The third-order valence-corrected chi connectivity index (χ3v) is 6.71. The smallest absolute Gasteiger partial charge is 0.123 e. The summed E-state index contributed by atoms with van der Waals surface area (Å²) >= 11 is 1.78. The lowest BCUT2D eigenvalue weighted by atomic mass is 9.66. The topological polar surface area (TPSA) is 30.5 Å². The number of nitrogens with one attached hydrogen (secondary N) is 1. The van der Waals surface area contributed by atoms with Crippen molar-refractivity contribution in [2.45, 2.75) is 43.2 Å². The lowest BCUT2D eigenvalue weighted by Crippen LogP contribution is -2.49. The Morgan fingerprint density at radius 3 is 2.73 bits per heavy atom. The van der Waals surface area contributed by atoms with Gasteiger partial charge in [-0.05, 0) is 54.9 Å². The molecule has 1 aromatic carbocycles. The maximum atomic E-state index is 13.5. The number of rotatable bonds is 6. The molecule has 5 heteroatoms. The van der Waals surface area contributed by atoms with Gasteiger partial charge in [-0.3, -0.25) is 0 Å². The molecule has 4 rings (SSSR count). The second-order valence-corrected chi connectivity index (χ2v) is 8.59. The van der Waals surface area contributed by atoms with E-state index in [0.717, 1.165) is 52.0 Å². The van der Waals surface area contributed by atoms with E-state index >= 15 is 0 Å². The first-order valence-electron chi connectivity index (χ1n) is 9.41. The molecule has 2 fully saturated rings. The molecule has 3 nitrogen and oxygen atoms in total. The van der Waals surface area contributed by atoms with Crippen molar-refractivity contribution < 1.29 is 13.9 Å². The van der Waals surface area contributed by atoms with Crippen LogP contribution in [0.5, 0.6) is 0 Å². The van der Waals surface area contributed by atoms with Crippen LogP contribution in [-0.4, -0.2) is 32.0 Å². The van der Waals surface area contributed by atoms with E-state index in [9.17, 15) is 4.39 Å². The Morgan fingerprint density at radius 1 is 1.12 bits per heavy atom. The Labute approximate surface area is 158 Å². The third kappa shape index (κ3) is 3.86. The molecular formula is C21H26FNO2S. The molecule has 0 aliphatic carbocycles. The molecule has 2 atom stereocenters. The van der Waals surface area contributed by atoms with E-state index in [2.05, 4.69) is 22.8 Å². The summed E-state index contributed by atoms with van der Waals surface area (Å²) in [7, 11) is 0. The number of thiophene rings is 1. The van der Waals surface area contributed by atoms with Crippen molar-refractivity contribution >= 4 is 11.3 Å². The Kier molecular flexibility index (Phi) is 5.41. The quantitative estimate of drug-likeness (QED) is 0.765.